The number of pyridine rings is 1. The second-order valence-corrected chi connectivity index (χ2v) is 8.09. The fourth-order valence-electron chi connectivity index (χ4n) is 2.75. The van der Waals surface area contributed by atoms with Crippen LogP contribution in [0.3, 0.4) is 0 Å². The maximum Gasteiger partial charge on any atom is 0.264 e. The van der Waals surface area contributed by atoms with Crippen molar-refractivity contribution in [2.24, 2.45) is 0 Å². The molecule has 0 fully saturated rings. The number of sulfonamides is 1. The van der Waals surface area contributed by atoms with Gasteiger partial charge in [0.25, 0.3) is 15.9 Å². The fourth-order valence-corrected chi connectivity index (χ4v) is 4.20. The van der Waals surface area contributed by atoms with Crippen molar-refractivity contribution in [2.45, 2.75) is 11.4 Å². The summed E-state index contributed by atoms with van der Waals surface area (Å²) in [5.74, 6) is -0.249. The van der Waals surface area contributed by atoms with Crippen molar-refractivity contribution in [1.29, 1.82) is 0 Å². The summed E-state index contributed by atoms with van der Waals surface area (Å²) in [5.41, 5.74) is 1.79. The Morgan fingerprint density at radius 3 is 2.38 bits per heavy atom. The van der Waals surface area contributed by atoms with Gasteiger partial charge in [-0.05, 0) is 48.0 Å². The van der Waals surface area contributed by atoms with E-state index in [1.165, 1.54) is 10.4 Å². The lowest BCUT2D eigenvalue weighted by atomic mass is 10.2. The predicted octanol–water partition coefficient (Wildman–Crippen LogP) is 3.39. The van der Waals surface area contributed by atoms with E-state index in [2.05, 4.69) is 16.9 Å². The van der Waals surface area contributed by atoms with E-state index < -0.39 is 10.0 Å². The first kappa shape index (κ1) is 20.3. The Bertz CT molecular complexity index is 1070. The minimum Gasteiger partial charge on any atom is -0.348 e. The quantitative estimate of drug-likeness (QED) is 0.581. The van der Waals surface area contributed by atoms with Gasteiger partial charge in [0.05, 0.1) is 17.1 Å². The largest absolute Gasteiger partial charge is 0.348 e. The smallest absolute Gasteiger partial charge is 0.264 e. The summed E-state index contributed by atoms with van der Waals surface area (Å²) in [7, 11) is -3.74. The van der Waals surface area contributed by atoms with E-state index in [9.17, 15) is 13.2 Å². The van der Waals surface area contributed by atoms with Crippen molar-refractivity contribution in [3.05, 3.63) is 103 Å². The van der Waals surface area contributed by atoms with Crippen LogP contribution in [0, 0.1) is 0 Å². The number of amides is 1. The van der Waals surface area contributed by atoms with Gasteiger partial charge in [-0.3, -0.25) is 14.1 Å². The second-order valence-electron chi connectivity index (χ2n) is 6.23. The monoisotopic (exact) mass is 407 g/mol. The Labute approximate surface area is 170 Å². The molecule has 0 atom stereocenters. The number of hydrogen-bond donors (Lipinski definition) is 1. The summed E-state index contributed by atoms with van der Waals surface area (Å²) >= 11 is 0. The van der Waals surface area contributed by atoms with E-state index in [-0.39, 0.29) is 17.3 Å². The van der Waals surface area contributed by atoms with Gasteiger partial charge < -0.3 is 5.32 Å². The van der Waals surface area contributed by atoms with Crippen LogP contribution in [0.2, 0.25) is 0 Å². The highest BCUT2D eigenvalue weighted by atomic mass is 32.2. The number of nitrogens with one attached hydrogen (secondary N) is 1. The van der Waals surface area contributed by atoms with Crippen molar-refractivity contribution >= 4 is 21.6 Å². The van der Waals surface area contributed by atoms with Gasteiger partial charge in [-0.2, -0.15) is 0 Å². The summed E-state index contributed by atoms with van der Waals surface area (Å²) in [4.78, 5) is 16.6. The SMILES string of the molecule is C=CCN(c1ccc(C(=O)NCc2cccnc2)cc1)S(=O)(=O)c1ccccc1. The van der Waals surface area contributed by atoms with E-state index in [0.29, 0.717) is 17.8 Å². The predicted molar refractivity (Wildman–Crippen MR) is 113 cm³/mol. The molecule has 2 aromatic carbocycles. The Morgan fingerprint density at radius 1 is 1.03 bits per heavy atom. The zero-order chi connectivity index (χ0) is 20.7. The highest BCUT2D eigenvalue weighted by Crippen LogP contribution is 2.24. The topological polar surface area (TPSA) is 79.4 Å². The maximum absolute atomic E-state index is 13.0. The number of carbonyl (C=O) groups is 1. The second kappa shape index (κ2) is 9.16. The number of hydrogen-bond acceptors (Lipinski definition) is 4. The number of aromatic nitrogens is 1. The molecule has 7 heteroatoms. The zero-order valence-electron chi connectivity index (χ0n) is 15.7. The zero-order valence-corrected chi connectivity index (χ0v) is 16.5. The van der Waals surface area contributed by atoms with Gasteiger partial charge in [-0.15, -0.1) is 6.58 Å². The van der Waals surface area contributed by atoms with E-state index in [1.54, 1.807) is 73.1 Å². The molecule has 0 aliphatic carbocycles. The van der Waals surface area contributed by atoms with Gasteiger partial charge in [0, 0.05) is 24.5 Å². The summed E-state index contributed by atoms with van der Waals surface area (Å²) in [6.07, 6.45) is 4.88. The molecular weight excluding hydrogens is 386 g/mol. The van der Waals surface area contributed by atoms with Crippen molar-refractivity contribution in [2.75, 3.05) is 10.8 Å². The van der Waals surface area contributed by atoms with Crippen LogP contribution in [0.25, 0.3) is 0 Å². The molecule has 148 valence electrons. The molecular formula is C22H21N3O3S. The molecule has 3 rings (SSSR count). The number of nitrogens with zero attached hydrogens (tertiary/aromatic N) is 2. The van der Waals surface area contributed by atoms with Crippen LogP contribution in [-0.2, 0) is 16.6 Å². The molecule has 0 saturated heterocycles. The van der Waals surface area contributed by atoms with Gasteiger partial charge in [0.15, 0.2) is 0 Å². The van der Waals surface area contributed by atoms with Gasteiger partial charge in [-0.1, -0.05) is 30.3 Å². The summed E-state index contributed by atoms with van der Waals surface area (Å²) in [5, 5.41) is 2.82. The highest BCUT2D eigenvalue weighted by molar-refractivity contribution is 7.92. The number of rotatable bonds is 8. The lowest BCUT2D eigenvalue weighted by Crippen LogP contribution is -2.31. The first-order valence-corrected chi connectivity index (χ1v) is 10.4. The maximum atomic E-state index is 13.0. The third-order valence-corrected chi connectivity index (χ3v) is 6.03. The molecule has 3 aromatic rings. The average Bonchev–Trinajstić information content (AvgIpc) is 2.77. The molecule has 0 saturated carbocycles. The van der Waals surface area contributed by atoms with E-state index in [1.807, 2.05) is 6.07 Å². The molecule has 1 aromatic heterocycles. The van der Waals surface area contributed by atoms with Crippen LogP contribution in [0.5, 0.6) is 0 Å². The Hall–Kier alpha value is -3.45. The van der Waals surface area contributed by atoms with Crippen LogP contribution in [0.4, 0.5) is 5.69 Å². The molecule has 1 amide bonds. The third kappa shape index (κ3) is 4.89. The molecule has 6 nitrogen and oxygen atoms in total. The van der Waals surface area contributed by atoms with Crippen molar-refractivity contribution in [3.63, 3.8) is 0 Å². The molecule has 0 aliphatic heterocycles. The van der Waals surface area contributed by atoms with Crippen LogP contribution < -0.4 is 9.62 Å². The fraction of sp³-hybridized carbons (Fsp3) is 0.0909. The Kier molecular flexibility index (Phi) is 6.41. The lowest BCUT2D eigenvalue weighted by molar-refractivity contribution is 0.0951. The molecule has 0 unspecified atom stereocenters. The van der Waals surface area contributed by atoms with E-state index >= 15 is 0 Å². The van der Waals surface area contributed by atoms with Gasteiger partial charge >= 0.3 is 0 Å². The standard InChI is InChI=1S/C22H21N3O3S/c1-2-15-25(29(27,28)21-8-4-3-5-9-21)20-12-10-19(11-13-20)22(26)24-17-18-7-6-14-23-16-18/h2-14,16H,1,15,17H2,(H,24,26). The van der Waals surface area contributed by atoms with Gasteiger partial charge in [-0.25, -0.2) is 8.42 Å². The molecule has 0 radical (unpaired) electrons. The van der Waals surface area contributed by atoms with Crippen molar-refractivity contribution in [1.82, 2.24) is 10.3 Å². The normalized spacial score (nSPS) is 10.9. The summed E-state index contributed by atoms with van der Waals surface area (Å²) in [6.45, 7) is 4.13. The van der Waals surface area contributed by atoms with Crippen LogP contribution in [-0.4, -0.2) is 25.9 Å². The Balaban J connectivity index is 1.77. The van der Waals surface area contributed by atoms with Crippen molar-refractivity contribution in [3.8, 4) is 0 Å². The number of benzene rings is 2. The lowest BCUT2D eigenvalue weighted by Gasteiger charge is -2.23. The highest BCUT2D eigenvalue weighted by Gasteiger charge is 2.23. The first-order chi connectivity index (χ1) is 14.0. The van der Waals surface area contributed by atoms with Gasteiger partial charge in [0.1, 0.15) is 0 Å². The molecule has 29 heavy (non-hydrogen) atoms. The summed E-state index contributed by atoms with van der Waals surface area (Å²) < 4.78 is 27.2. The van der Waals surface area contributed by atoms with Gasteiger partial charge in [0.2, 0.25) is 0 Å². The van der Waals surface area contributed by atoms with Crippen molar-refractivity contribution < 1.29 is 13.2 Å². The first-order valence-electron chi connectivity index (χ1n) is 8.98. The van der Waals surface area contributed by atoms with E-state index in [0.717, 1.165) is 5.56 Å². The number of anilines is 1. The third-order valence-electron chi connectivity index (χ3n) is 4.22. The van der Waals surface area contributed by atoms with Crippen LogP contribution in [0.15, 0.2) is 96.7 Å². The van der Waals surface area contributed by atoms with Crippen LogP contribution in [0.1, 0.15) is 15.9 Å². The van der Waals surface area contributed by atoms with E-state index in [4.69, 9.17) is 0 Å². The molecule has 1 N–H and O–H groups in total. The Morgan fingerprint density at radius 2 is 1.76 bits per heavy atom. The molecule has 1 heterocycles. The summed E-state index contributed by atoms with van der Waals surface area (Å²) in [6, 6.07) is 18.3. The minimum absolute atomic E-state index is 0.115. The molecule has 0 aliphatic rings. The average molecular weight is 407 g/mol. The number of carbonyl (C=O) groups excluding carboxylic acids is 1. The minimum atomic E-state index is -3.74. The van der Waals surface area contributed by atoms with Crippen LogP contribution >= 0.6 is 0 Å². The molecule has 0 spiro atoms. The molecule has 0 bridgehead atoms.